The molecule has 19 heavy (non-hydrogen) atoms. The quantitative estimate of drug-likeness (QED) is 0.467. The Labute approximate surface area is 118 Å². The van der Waals surface area contributed by atoms with E-state index in [1.54, 1.807) is 0 Å². The minimum Gasteiger partial charge on any atom is -0.313 e. The monoisotopic (exact) mass is 291 g/mol. The predicted octanol–water partition coefficient (Wildman–Crippen LogP) is 1.38. The van der Waals surface area contributed by atoms with Crippen molar-refractivity contribution in [1.82, 2.24) is 14.8 Å². The number of hydrogen-bond acceptors (Lipinski definition) is 3. The SMILES string of the molecule is CC(C)CNS(=O)(=O)NCCNC1CCCCCC1. The maximum absolute atomic E-state index is 11.6. The van der Waals surface area contributed by atoms with Crippen molar-refractivity contribution in [3.05, 3.63) is 0 Å². The Balaban J connectivity index is 2.11. The lowest BCUT2D eigenvalue weighted by Crippen LogP contribution is -2.42. The highest BCUT2D eigenvalue weighted by atomic mass is 32.2. The Morgan fingerprint density at radius 3 is 2.21 bits per heavy atom. The average Bonchev–Trinajstić information content (AvgIpc) is 2.61. The minimum atomic E-state index is -3.33. The van der Waals surface area contributed by atoms with E-state index in [-0.39, 0.29) is 0 Å². The van der Waals surface area contributed by atoms with Crippen molar-refractivity contribution in [3.63, 3.8) is 0 Å². The van der Waals surface area contributed by atoms with Gasteiger partial charge in [0, 0.05) is 25.7 Å². The first-order valence-corrected chi connectivity index (χ1v) is 8.95. The van der Waals surface area contributed by atoms with Gasteiger partial charge in [-0.2, -0.15) is 8.42 Å². The Morgan fingerprint density at radius 2 is 1.63 bits per heavy atom. The molecule has 0 atom stereocenters. The first-order valence-electron chi connectivity index (χ1n) is 7.47. The molecule has 0 bridgehead atoms. The van der Waals surface area contributed by atoms with Gasteiger partial charge in [0.05, 0.1) is 0 Å². The third-order valence-electron chi connectivity index (χ3n) is 3.39. The summed E-state index contributed by atoms with van der Waals surface area (Å²) in [5.41, 5.74) is 0. The van der Waals surface area contributed by atoms with Crippen LogP contribution in [0.25, 0.3) is 0 Å². The highest BCUT2D eigenvalue weighted by Crippen LogP contribution is 2.16. The molecule has 3 N–H and O–H groups in total. The predicted molar refractivity (Wildman–Crippen MR) is 79.3 cm³/mol. The molecule has 1 aliphatic rings. The molecule has 1 fully saturated rings. The van der Waals surface area contributed by atoms with E-state index in [0.717, 1.165) is 0 Å². The summed E-state index contributed by atoms with van der Waals surface area (Å²) in [5, 5.41) is 3.44. The lowest BCUT2D eigenvalue weighted by molar-refractivity contribution is 0.460. The Kier molecular flexibility index (Phi) is 7.90. The molecule has 0 aromatic rings. The van der Waals surface area contributed by atoms with Gasteiger partial charge in [-0.3, -0.25) is 0 Å². The second-order valence-electron chi connectivity index (χ2n) is 5.78. The van der Waals surface area contributed by atoms with E-state index in [0.29, 0.717) is 31.6 Å². The van der Waals surface area contributed by atoms with Crippen LogP contribution in [0.1, 0.15) is 52.4 Å². The third-order valence-corrected chi connectivity index (χ3v) is 4.52. The van der Waals surface area contributed by atoms with E-state index in [1.165, 1.54) is 38.5 Å². The van der Waals surface area contributed by atoms with E-state index in [9.17, 15) is 8.42 Å². The largest absolute Gasteiger partial charge is 0.313 e. The van der Waals surface area contributed by atoms with Gasteiger partial charge in [0.15, 0.2) is 0 Å². The lowest BCUT2D eigenvalue weighted by Gasteiger charge is -2.16. The molecule has 0 aromatic carbocycles. The van der Waals surface area contributed by atoms with Crippen molar-refractivity contribution in [2.45, 2.75) is 58.4 Å². The third kappa shape index (κ3) is 8.57. The maximum Gasteiger partial charge on any atom is 0.276 e. The number of nitrogens with one attached hydrogen (secondary N) is 3. The molecule has 1 saturated carbocycles. The van der Waals surface area contributed by atoms with Crippen molar-refractivity contribution >= 4 is 10.2 Å². The zero-order chi connectivity index (χ0) is 14.1. The van der Waals surface area contributed by atoms with Gasteiger partial charge < -0.3 is 5.32 Å². The van der Waals surface area contributed by atoms with Crippen LogP contribution in [-0.4, -0.2) is 34.1 Å². The Hall–Kier alpha value is -0.170. The Morgan fingerprint density at radius 1 is 1.00 bits per heavy atom. The zero-order valence-corrected chi connectivity index (χ0v) is 13.1. The van der Waals surface area contributed by atoms with Gasteiger partial charge in [0.1, 0.15) is 0 Å². The molecule has 0 unspecified atom stereocenters. The molecule has 0 heterocycles. The summed E-state index contributed by atoms with van der Waals surface area (Å²) < 4.78 is 28.3. The van der Waals surface area contributed by atoms with Crippen LogP contribution in [0.15, 0.2) is 0 Å². The van der Waals surface area contributed by atoms with Crippen molar-refractivity contribution in [3.8, 4) is 0 Å². The summed E-state index contributed by atoms with van der Waals surface area (Å²) in [6.07, 6.45) is 7.70. The average molecular weight is 291 g/mol. The van der Waals surface area contributed by atoms with Crippen molar-refractivity contribution in [2.75, 3.05) is 19.6 Å². The van der Waals surface area contributed by atoms with Crippen LogP contribution < -0.4 is 14.8 Å². The molecule has 0 radical (unpaired) electrons. The van der Waals surface area contributed by atoms with E-state index >= 15 is 0 Å². The fourth-order valence-electron chi connectivity index (χ4n) is 2.27. The molecule has 6 heteroatoms. The molecule has 0 spiro atoms. The highest BCUT2D eigenvalue weighted by molar-refractivity contribution is 7.87. The second-order valence-corrected chi connectivity index (χ2v) is 7.37. The van der Waals surface area contributed by atoms with Crippen LogP contribution >= 0.6 is 0 Å². The Bertz CT molecular complexity index is 323. The van der Waals surface area contributed by atoms with E-state index in [2.05, 4.69) is 14.8 Å². The fraction of sp³-hybridized carbons (Fsp3) is 1.00. The maximum atomic E-state index is 11.6. The summed E-state index contributed by atoms with van der Waals surface area (Å²) in [5.74, 6) is 0.320. The molecule has 5 nitrogen and oxygen atoms in total. The van der Waals surface area contributed by atoms with Gasteiger partial charge in [0.2, 0.25) is 0 Å². The molecule has 0 aliphatic heterocycles. The molecule has 114 valence electrons. The van der Waals surface area contributed by atoms with Crippen LogP contribution in [-0.2, 0) is 10.2 Å². The van der Waals surface area contributed by atoms with E-state index < -0.39 is 10.2 Å². The van der Waals surface area contributed by atoms with Crippen LogP contribution in [0.4, 0.5) is 0 Å². The van der Waals surface area contributed by atoms with Crippen molar-refractivity contribution < 1.29 is 8.42 Å². The van der Waals surface area contributed by atoms with Gasteiger partial charge in [-0.05, 0) is 18.8 Å². The van der Waals surface area contributed by atoms with Gasteiger partial charge in [-0.25, -0.2) is 9.44 Å². The molecular formula is C13H29N3O2S. The summed E-state index contributed by atoms with van der Waals surface area (Å²) in [7, 11) is -3.33. The molecule has 1 aliphatic carbocycles. The molecule has 0 amide bonds. The van der Waals surface area contributed by atoms with Gasteiger partial charge in [-0.1, -0.05) is 39.5 Å². The first kappa shape index (κ1) is 16.9. The van der Waals surface area contributed by atoms with Crippen molar-refractivity contribution in [2.24, 2.45) is 5.92 Å². The standard InChI is InChI=1S/C13H29N3O2S/c1-12(2)11-16-19(17,18)15-10-9-14-13-7-5-3-4-6-8-13/h12-16H,3-11H2,1-2H3. The second kappa shape index (κ2) is 8.89. The van der Waals surface area contributed by atoms with Gasteiger partial charge in [-0.15, -0.1) is 0 Å². The minimum absolute atomic E-state index is 0.320. The van der Waals surface area contributed by atoms with Gasteiger partial charge >= 0.3 is 0 Å². The summed E-state index contributed by atoms with van der Waals surface area (Å²) in [6.45, 7) is 5.59. The molecule has 0 saturated heterocycles. The van der Waals surface area contributed by atoms with E-state index in [1.807, 2.05) is 13.8 Å². The van der Waals surface area contributed by atoms with Crippen LogP contribution in [0.5, 0.6) is 0 Å². The normalized spacial score (nSPS) is 18.7. The smallest absolute Gasteiger partial charge is 0.276 e. The molecule has 0 aromatic heterocycles. The molecular weight excluding hydrogens is 262 g/mol. The highest BCUT2D eigenvalue weighted by Gasteiger charge is 2.12. The molecule has 1 rings (SSSR count). The lowest BCUT2D eigenvalue weighted by atomic mass is 10.1. The van der Waals surface area contributed by atoms with E-state index in [4.69, 9.17) is 0 Å². The van der Waals surface area contributed by atoms with Crippen LogP contribution in [0, 0.1) is 5.92 Å². The topological polar surface area (TPSA) is 70.2 Å². The van der Waals surface area contributed by atoms with Crippen LogP contribution in [0.3, 0.4) is 0 Å². The van der Waals surface area contributed by atoms with Gasteiger partial charge in [0.25, 0.3) is 10.2 Å². The van der Waals surface area contributed by atoms with Crippen molar-refractivity contribution in [1.29, 1.82) is 0 Å². The summed E-state index contributed by atoms with van der Waals surface area (Å²) in [6, 6.07) is 0.565. The zero-order valence-electron chi connectivity index (χ0n) is 12.2. The number of rotatable bonds is 8. The summed E-state index contributed by atoms with van der Waals surface area (Å²) >= 11 is 0. The fourth-order valence-corrected chi connectivity index (χ4v) is 3.30. The first-order chi connectivity index (χ1) is 8.99. The van der Waals surface area contributed by atoms with Crippen LogP contribution in [0.2, 0.25) is 0 Å². The summed E-state index contributed by atoms with van der Waals surface area (Å²) in [4.78, 5) is 0. The number of hydrogen-bond donors (Lipinski definition) is 3.